The number of unbranched alkanes of at least 4 members (excludes halogenated alkanes) is 12. The van der Waals surface area contributed by atoms with Gasteiger partial charge in [0.05, 0.1) is 0 Å². The number of rotatable bonds is 16. The average molecular weight is 425 g/mol. The van der Waals surface area contributed by atoms with Gasteiger partial charge in [-0.3, -0.25) is 0 Å². The van der Waals surface area contributed by atoms with Crippen molar-refractivity contribution in [2.45, 2.75) is 96.8 Å². The molecule has 0 bridgehead atoms. The highest BCUT2D eigenvalue weighted by Gasteiger charge is 2.09. The zero-order valence-electron chi connectivity index (χ0n) is 19.3. The highest BCUT2D eigenvalue weighted by atomic mass is 16.7. The molecule has 0 unspecified atom stereocenters. The Labute approximate surface area is 188 Å². The van der Waals surface area contributed by atoms with Crippen LogP contribution in [0.4, 0.5) is 4.79 Å². The van der Waals surface area contributed by atoms with E-state index in [0.29, 0.717) is 5.75 Å². The first-order valence-electron chi connectivity index (χ1n) is 12.3. The molecule has 0 saturated carbocycles. The van der Waals surface area contributed by atoms with Crippen molar-refractivity contribution in [3.05, 3.63) is 54.1 Å². The highest BCUT2D eigenvalue weighted by Crippen LogP contribution is 2.30. The molecule has 2 aromatic carbocycles. The molecule has 0 spiro atoms. The summed E-state index contributed by atoms with van der Waals surface area (Å²) >= 11 is 0. The second-order valence-electron chi connectivity index (χ2n) is 8.56. The van der Waals surface area contributed by atoms with Gasteiger partial charge in [0.1, 0.15) is 5.75 Å². The van der Waals surface area contributed by atoms with Crippen LogP contribution in [0.1, 0.15) is 96.0 Å². The van der Waals surface area contributed by atoms with Crippen molar-refractivity contribution in [3.63, 3.8) is 0 Å². The third-order valence-electron chi connectivity index (χ3n) is 5.89. The van der Waals surface area contributed by atoms with E-state index >= 15 is 0 Å². The summed E-state index contributed by atoms with van der Waals surface area (Å²) in [4.78, 5) is 10.9. The molecular weight excluding hydrogens is 384 g/mol. The van der Waals surface area contributed by atoms with Crippen molar-refractivity contribution >= 4 is 6.16 Å². The Kier molecular flexibility index (Phi) is 12.5. The fourth-order valence-corrected chi connectivity index (χ4v) is 4.13. The summed E-state index contributed by atoms with van der Waals surface area (Å²) in [6.45, 7) is 2.27. The minimum Gasteiger partial charge on any atom is -0.449 e. The van der Waals surface area contributed by atoms with E-state index < -0.39 is 6.16 Å². The molecule has 0 fully saturated rings. The number of carbonyl (C=O) groups is 1. The van der Waals surface area contributed by atoms with Gasteiger partial charge in [-0.25, -0.2) is 4.79 Å². The van der Waals surface area contributed by atoms with Crippen LogP contribution in [0.15, 0.2) is 48.5 Å². The number of ether oxygens (including phenoxy) is 1. The summed E-state index contributed by atoms with van der Waals surface area (Å²) < 4.78 is 4.94. The van der Waals surface area contributed by atoms with E-state index in [4.69, 9.17) is 9.84 Å². The van der Waals surface area contributed by atoms with Crippen molar-refractivity contribution in [2.75, 3.05) is 0 Å². The van der Waals surface area contributed by atoms with Gasteiger partial charge >= 0.3 is 6.16 Å². The number of hydrogen-bond acceptors (Lipinski definition) is 2. The summed E-state index contributed by atoms with van der Waals surface area (Å²) in [5, 5.41) is 8.96. The molecule has 0 aliphatic carbocycles. The molecule has 3 heteroatoms. The molecule has 0 radical (unpaired) electrons. The molecule has 0 heterocycles. The maximum Gasteiger partial charge on any atom is 0.511 e. The molecule has 1 N–H and O–H groups in total. The first-order chi connectivity index (χ1) is 15.2. The van der Waals surface area contributed by atoms with Crippen LogP contribution in [0.2, 0.25) is 0 Å². The van der Waals surface area contributed by atoms with E-state index in [2.05, 4.69) is 19.1 Å². The van der Waals surface area contributed by atoms with Gasteiger partial charge in [0.15, 0.2) is 0 Å². The Balaban J connectivity index is 1.62. The Morgan fingerprint density at radius 1 is 0.742 bits per heavy atom. The molecular formula is C28H40O3. The van der Waals surface area contributed by atoms with Gasteiger partial charge < -0.3 is 9.84 Å². The zero-order chi connectivity index (χ0) is 22.2. The largest absolute Gasteiger partial charge is 0.511 e. The summed E-state index contributed by atoms with van der Waals surface area (Å²) in [6, 6.07) is 15.7. The van der Waals surface area contributed by atoms with Crippen LogP contribution in [-0.4, -0.2) is 11.3 Å². The maximum absolute atomic E-state index is 10.9. The Bertz CT molecular complexity index is 753. The standard InChI is InChI=1S/C28H40O3/c1-2-3-4-5-6-7-8-9-10-11-12-13-14-18-24-19-17-20-25(23-24)26-21-15-16-22-27(26)31-28(29)30/h15-17,19-23H,2-14,18H2,1H3,(H,29,30). The Morgan fingerprint density at radius 3 is 1.94 bits per heavy atom. The molecule has 2 rings (SSSR count). The van der Waals surface area contributed by atoms with E-state index in [9.17, 15) is 4.79 Å². The predicted molar refractivity (Wildman–Crippen MR) is 130 cm³/mol. The van der Waals surface area contributed by atoms with Crippen molar-refractivity contribution in [2.24, 2.45) is 0 Å². The van der Waals surface area contributed by atoms with Gasteiger partial charge in [-0.2, -0.15) is 0 Å². The fourth-order valence-electron chi connectivity index (χ4n) is 4.13. The zero-order valence-corrected chi connectivity index (χ0v) is 19.3. The highest BCUT2D eigenvalue weighted by molar-refractivity contribution is 5.74. The summed E-state index contributed by atoms with van der Waals surface area (Å²) in [5.74, 6) is 0.383. The number of para-hydroxylation sites is 1. The molecule has 31 heavy (non-hydrogen) atoms. The van der Waals surface area contributed by atoms with Crippen molar-refractivity contribution < 1.29 is 14.6 Å². The van der Waals surface area contributed by atoms with Crippen LogP contribution in [0.25, 0.3) is 11.1 Å². The van der Waals surface area contributed by atoms with E-state index in [1.54, 1.807) is 12.1 Å². The van der Waals surface area contributed by atoms with Crippen LogP contribution in [-0.2, 0) is 6.42 Å². The lowest BCUT2D eigenvalue weighted by Gasteiger charge is -2.10. The van der Waals surface area contributed by atoms with Gasteiger partial charge in [0, 0.05) is 5.56 Å². The van der Waals surface area contributed by atoms with Gasteiger partial charge in [-0.15, -0.1) is 0 Å². The van der Waals surface area contributed by atoms with E-state index in [1.807, 2.05) is 24.3 Å². The number of aryl methyl sites for hydroxylation is 1. The fraction of sp³-hybridized carbons (Fsp3) is 0.536. The van der Waals surface area contributed by atoms with E-state index in [0.717, 1.165) is 17.5 Å². The second-order valence-corrected chi connectivity index (χ2v) is 8.56. The first kappa shape index (κ1) is 25.0. The first-order valence-corrected chi connectivity index (χ1v) is 12.3. The second kappa shape index (κ2) is 15.5. The lowest BCUT2D eigenvalue weighted by atomic mass is 9.99. The molecule has 0 aliphatic heterocycles. The number of hydrogen-bond donors (Lipinski definition) is 1. The lowest BCUT2D eigenvalue weighted by molar-refractivity contribution is 0.144. The van der Waals surface area contributed by atoms with Crippen molar-refractivity contribution in [1.82, 2.24) is 0 Å². The lowest BCUT2D eigenvalue weighted by Crippen LogP contribution is -2.04. The van der Waals surface area contributed by atoms with Crippen LogP contribution in [0.5, 0.6) is 5.75 Å². The Morgan fingerprint density at radius 2 is 1.32 bits per heavy atom. The number of benzene rings is 2. The number of carboxylic acid groups (broad SMARTS) is 1. The SMILES string of the molecule is CCCCCCCCCCCCCCCc1cccc(-c2ccccc2OC(=O)O)c1. The minimum atomic E-state index is -1.28. The molecule has 3 nitrogen and oxygen atoms in total. The molecule has 0 aromatic heterocycles. The third-order valence-corrected chi connectivity index (χ3v) is 5.89. The maximum atomic E-state index is 10.9. The molecule has 2 aromatic rings. The molecule has 0 saturated heterocycles. The molecule has 0 aliphatic rings. The van der Waals surface area contributed by atoms with Crippen LogP contribution < -0.4 is 4.74 Å². The quantitative estimate of drug-likeness (QED) is 0.166. The van der Waals surface area contributed by atoms with Crippen molar-refractivity contribution in [3.8, 4) is 16.9 Å². The van der Waals surface area contributed by atoms with E-state index in [1.165, 1.54) is 89.0 Å². The molecule has 0 amide bonds. The predicted octanol–water partition coefficient (Wildman–Crippen LogP) is 9.04. The van der Waals surface area contributed by atoms with Crippen LogP contribution in [0, 0.1) is 0 Å². The van der Waals surface area contributed by atoms with Crippen molar-refractivity contribution in [1.29, 1.82) is 0 Å². The molecule has 0 atom stereocenters. The van der Waals surface area contributed by atoms with Gasteiger partial charge in [0.25, 0.3) is 0 Å². The summed E-state index contributed by atoms with van der Waals surface area (Å²) in [5.41, 5.74) is 3.12. The minimum absolute atomic E-state index is 0.383. The normalized spacial score (nSPS) is 10.9. The topological polar surface area (TPSA) is 46.5 Å². The van der Waals surface area contributed by atoms with Gasteiger partial charge in [0.2, 0.25) is 0 Å². The summed E-state index contributed by atoms with van der Waals surface area (Å²) in [6.07, 6.45) is 17.5. The Hall–Kier alpha value is -2.29. The van der Waals surface area contributed by atoms with E-state index in [-0.39, 0.29) is 0 Å². The van der Waals surface area contributed by atoms with Crippen LogP contribution in [0.3, 0.4) is 0 Å². The third kappa shape index (κ3) is 10.5. The summed E-state index contributed by atoms with van der Waals surface area (Å²) in [7, 11) is 0. The molecule has 170 valence electrons. The average Bonchev–Trinajstić information content (AvgIpc) is 2.77. The monoisotopic (exact) mass is 424 g/mol. The van der Waals surface area contributed by atoms with Gasteiger partial charge in [-0.1, -0.05) is 126 Å². The smallest absolute Gasteiger partial charge is 0.449 e. The van der Waals surface area contributed by atoms with Crippen LogP contribution >= 0.6 is 0 Å². The van der Waals surface area contributed by atoms with Gasteiger partial charge in [-0.05, 0) is 30.0 Å².